The number of nitrogens with zero attached hydrogens (tertiary/aromatic N) is 3. The Bertz CT molecular complexity index is 800. The van der Waals surface area contributed by atoms with Gasteiger partial charge >= 0.3 is 0 Å². The van der Waals surface area contributed by atoms with E-state index in [2.05, 4.69) is 45.2 Å². The zero-order valence-electron chi connectivity index (χ0n) is 19.1. The molecular weight excluding hydrogens is 456 g/mol. The average Bonchev–Trinajstić information content (AvgIpc) is 3.33. The summed E-state index contributed by atoms with van der Waals surface area (Å²) in [7, 11) is 0. The van der Waals surface area contributed by atoms with E-state index in [0.717, 1.165) is 57.0 Å². The van der Waals surface area contributed by atoms with Crippen LogP contribution in [0.3, 0.4) is 0 Å². The van der Waals surface area contributed by atoms with Gasteiger partial charge in [0.1, 0.15) is 5.54 Å². The lowest BCUT2D eigenvalue weighted by molar-refractivity contribution is -0.130. The number of hydrogen-bond acceptors (Lipinski definition) is 5. The van der Waals surface area contributed by atoms with Crippen molar-refractivity contribution in [2.45, 2.75) is 101 Å². The number of hydrogen-bond donors (Lipinski definition) is 1. The zero-order valence-corrected chi connectivity index (χ0v) is 20.7. The summed E-state index contributed by atoms with van der Waals surface area (Å²) in [5.74, 6) is 3.13. The lowest BCUT2D eigenvalue weighted by Crippen LogP contribution is -2.55. The van der Waals surface area contributed by atoms with Crippen LogP contribution < -0.4 is 5.32 Å². The van der Waals surface area contributed by atoms with E-state index in [4.69, 9.17) is 9.51 Å². The van der Waals surface area contributed by atoms with Crippen molar-refractivity contribution in [3.8, 4) is 0 Å². The lowest BCUT2D eigenvalue weighted by Gasteiger charge is -2.60. The molecule has 7 heteroatoms. The van der Waals surface area contributed by atoms with E-state index in [1.54, 1.807) is 0 Å². The SMILES string of the molecule is CCN(CC)Cc1nc(C2(NC(=O)CC34CC5CC(CC(Br)(C5)C3)C4)CCCC2)no1. The second kappa shape index (κ2) is 8.12. The molecule has 0 aromatic carbocycles. The third kappa shape index (κ3) is 4.21. The molecule has 5 aliphatic rings. The van der Waals surface area contributed by atoms with Gasteiger partial charge in [-0.05, 0) is 81.7 Å². The second-order valence-corrected chi connectivity index (χ2v) is 12.8. The van der Waals surface area contributed by atoms with Crippen LogP contribution in [0.2, 0.25) is 0 Å². The molecule has 1 amide bonds. The van der Waals surface area contributed by atoms with E-state index in [9.17, 15) is 4.79 Å². The van der Waals surface area contributed by atoms with Gasteiger partial charge in [-0.15, -0.1) is 0 Å². The van der Waals surface area contributed by atoms with Gasteiger partial charge in [0.25, 0.3) is 0 Å². The van der Waals surface area contributed by atoms with E-state index in [0.29, 0.717) is 24.7 Å². The summed E-state index contributed by atoms with van der Waals surface area (Å²) in [5.41, 5.74) is -0.265. The number of halogens is 1. The maximum Gasteiger partial charge on any atom is 0.240 e. The Kier molecular flexibility index (Phi) is 5.73. The summed E-state index contributed by atoms with van der Waals surface area (Å²) in [4.78, 5) is 20.4. The predicted molar refractivity (Wildman–Crippen MR) is 123 cm³/mol. The number of carbonyl (C=O) groups excluding carboxylic acids is 1. The molecule has 5 aliphatic carbocycles. The highest BCUT2D eigenvalue weighted by molar-refractivity contribution is 9.10. The topological polar surface area (TPSA) is 71.3 Å². The maximum atomic E-state index is 13.4. The van der Waals surface area contributed by atoms with Gasteiger partial charge in [0.2, 0.25) is 11.8 Å². The molecule has 1 N–H and O–H groups in total. The van der Waals surface area contributed by atoms with Crippen molar-refractivity contribution in [3.63, 3.8) is 0 Å². The van der Waals surface area contributed by atoms with Crippen LogP contribution in [0.15, 0.2) is 4.52 Å². The molecule has 172 valence electrons. The van der Waals surface area contributed by atoms with Crippen LogP contribution in [-0.2, 0) is 16.9 Å². The van der Waals surface area contributed by atoms with Crippen LogP contribution in [0.4, 0.5) is 0 Å². The summed E-state index contributed by atoms with van der Waals surface area (Å²) < 4.78 is 5.89. The first-order chi connectivity index (χ1) is 14.8. The van der Waals surface area contributed by atoms with Gasteiger partial charge in [-0.2, -0.15) is 4.98 Å². The number of aromatic nitrogens is 2. The van der Waals surface area contributed by atoms with E-state index < -0.39 is 5.54 Å². The summed E-state index contributed by atoms with van der Waals surface area (Å²) in [6.45, 7) is 6.86. The van der Waals surface area contributed by atoms with E-state index >= 15 is 0 Å². The Labute approximate surface area is 194 Å². The Hall–Kier alpha value is -0.950. The standard InChI is InChI=1S/C24H37BrN4O2/c1-3-29(4-2)15-20-26-21(28-31-20)24(7-5-6-8-24)27-19(30)14-22-10-17-9-18(11-22)13-23(25,12-17)16-22/h17-18H,3-16H2,1-2H3,(H,27,30). The highest BCUT2D eigenvalue weighted by atomic mass is 79.9. The normalized spacial score (nSPS) is 35.7. The highest BCUT2D eigenvalue weighted by Gasteiger charge is 2.57. The quantitative estimate of drug-likeness (QED) is 0.521. The van der Waals surface area contributed by atoms with E-state index in [1.165, 1.54) is 32.1 Å². The number of nitrogens with one attached hydrogen (secondary N) is 1. The molecule has 5 saturated carbocycles. The molecule has 1 aromatic heterocycles. The minimum atomic E-state index is -0.448. The molecule has 1 aromatic rings. The van der Waals surface area contributed by atoms with Crippen LogP contribution in [-0.4, -0.2) is 38.4 Å². The van der Waals surface area contributed by atoms with E-state index in [-0.39, 0.29) is 15.6 Å². The maximum absolute atomic E-state index is 13.4. The van der Waals surface area contributed by atoms with Crippen molar-refractivity contribution >= 4 is 21.8 Å². The van der Waals surface area contributed by atoms with Crippen molar-refractivity contribution in [2.24, 2.45) is 17.3 Å². The fraction of sp³-hybridized carbons (Fsp3) is 0.875. The molecule has 2 atom stereocenters. The van der Waals surface area contributed by atoms with Crippen LogP contribution in [0, 0.1) is 17.3 Å². The minimum absolute atomic E-state index is 0.183. The Balaban J connectivity index is 1.29. The van der Waals surface area contributed by atoms with Crippen molar-refractivity contribution in [1.29, 1.82) is 0 Å². The van der Waals surface area contributed by atoms with Crippen molar-refractivity contribution < 1.29 is 9.32 Å². The molecular formula is C24H37BrN4O2. The van der Waals surface area contributed by atoms with Gasteiger partial charge in [0.05, 0.1) is 6.54 Å². The van der Waals surface area contributed by atoms with Gasteiger partial charge < -0.3 is 9.84 Å². The molecule has 6 nitrogen and oxygen atoms in total. The summed E-state index contributed by atoms with van der Waals surface area (Å²) in [6, 6.07) is 0. The molecule has 31 heavy (non-hydrogen) atoms. The third-order valence-electron chi connectivity index (χ3n) is 8.63. The number of carbonyl (C=O) groups is 1. The minimum Gasteiger partial charge on any atom is -0.343 e. The molecule has 0 saturated heterocycles. The van der Waals surface area contributed by atoms with Gasteiger partial charge in [-0.3, -0.25) is 9.69 Å². The zero-order chi connectivity index (χ0) is 21.7. The summed E-state index contributed by atoms with van der Waals surface area (Å²) in [5, 5.41) is 7.79. The fourth-order valence-electron chi connectivity index (χ4n) is 7.73. The van der Waals surface area contributed by atoms with E-state index in [1.807, 2.05) is 0 Å². The molecule has 4 bridgehead atoms. The lowest BCUT2D eigenvalue weighted by atomic mass is 9.48. The van der Waals surface area contributed by atoms with Crippen LogP contribution >= 0.6 is 15.9 Å². The summed E-state index contributed by atoms with van der Waals surface area (Å²) in [6.07, 6.45) is 12.2. The molecule has 0 radical (unpaired) electrons. The Morgan fingerprint density at radius 2 is 1.84 bits per heavy atom. The largest absolute Gasteiger partial charge is 0.343 e. The van der Waals surface area contributed by atoms with Crippen LogP contribution in [0.25, 0.3) is 0 Å². The third-order valence-corrected chi connectivity index (χ3v) is 9.56. The molecule has 5 fully saturated rings. The van der Waals surface area contributed by atoms with Crippen molar-refractivity contribution in [1.82, 2.24) is 20.4 Å². The van der Waals surface area contributed by atoms with Crippen LogP contribution in [0.5, 0.6) is 0 Å². The smallest absolute Gasteiger partial charge is 0.240 e. The van der Waals surface area contributed by atoms with Gasteiger partial charge in [0.15, 0.2) is 5.82 Å². The predicted octanol–water partition coefficient (Wildman–Crippen LogP) is 4.92. The summed E-state index contributed by atoms with van der Waals surface area (Å²) >= 11 is 4.08. The second-order valence-electron chi connectivity index (χ2n) is 11.1. The fourth-order valence-corrected chi connectivity index (χ4v) is 9.24. The van der Waals surface area contributed by atoms with Gasteiger partial charge in [0, 0.05) is 10.7 Å². The first-order valence-electron chi connectivity index (χ1n) is 12.4. The Morgan fingerprint density at radius 1 is 1.16 bits per heavy atom. The number of amides is 1. The Morgan fingerprint density at radius 3 is 2.45 bits per heavy atom. The monoisotopic (exact) mass is 492 g/mol. The number of alkyl halides is 1. The average molecular weight is 493 g/mol. The van der Waals surface area contributed by atoms with Gasteiger partial charge in [-0.1, -0.05) is 47.8 Å². The van der Waals surface area contributed by atoms with Crippen LogP contribution in [0.1, 0.15) is 96.2 Å². The first-order valence-corrected chi connectivity index (χ1v) is 13.2. The molecule has 0 spiro atoms. The molecule has 6 rings (SSSR count). The number of rotatable bonds is 8. The van der Waals surface area contributed by atoms with Crippen molar-refractivity contribution in [3.05, 3.63) is 11.7 Å². The molecule has 2 unspecified atom stereocenters. The molecule has 1 heterocycles. The van der Waals surface area contributed by atoms with Gasteiger partial charge in [-0.25, -0.2) is 0 Å². The first kappa shape index (κ1) is 21.9. The highest BCUT2D eigenvalue weighted by Crippen LogP contribution is 2.65. The van der Waals surface area contributed by atoms with Crippen molar-refractivity contribution in [2.75, 3.05) is 13.1 Å². The molecule has 0 aliphatic heterocycles.